The molecule has 2 aromatic carbocycles. The van der Waals surface area contributed by atoms with Gasteiger partial charge in [-0.15, -0.1) is 0 Å². The molecule has 5 heteroatoms. The highest BCUT2D eigenvalue weighted by molar-refractivity contribution is 6.01. The van der Waals surface area contributed by atoms with Crippen molar-refractivity contribution in [1.82, 2.24) is 0 Å². The molecule has 1 saturated heterocycles. The van der Waals surface area contributed by atoms with Crippen LogP contribution >= 0.6 is 0 Å². The molecule has 0 aromatic heterocycles. The summed E-state index contributed by atoms with van der Waals surface area (Å²) in [7, 11) is 0. The van der Waals surface area contributed by atoms with Gasteiger partial charge in [0.2, 0.25) is 0 Å². The minimum Gasteiger partial charge on any atom is -0.356 e. The summed E-state index contributed by atoms with van der Waals surface area (Å²) in [5.41, 5.74) is 1.25. The molecule has 0 spiro atoms. The van der Waals surface area contributed by atoms with Gasteiger partial charge in [-0.3, -0.25) is 14.9 Å². The Balaban J connectivity index is 1.78. The molecule has 20 heavy (non-hydrogen) atoms. The average molecular weight is 269 g/mol. The maximum Gasteiger partial charge on any atom is 0.269 e. The van der Waals surface area contributed by atoms with Crippen LogP contribution < -0.4 is 0 Å². The van der Waals surface area contributed by atoms with Crippen molar-refractivity contribution < 1.29 is 14.5 Å². The molecule has 2 atom stereocenters. The Morgan fingerprint density at radius 1 is 1.10 bits per heavy atom. The summed E-state index contributed by atoms with van der Waals surface area (Å²) in [4.78, 5) is 22.4. The summed E-state index contributed by atoms with van der Waals surface area (Å²) in [5, 5.41) is 10.7. The lowest BCUT2D eigenvalue weighted by Crippen LogP contribution is -2.07. The highest BCUT2D eigenvalue weighted by Crippen LogP contribution is 2.41. The number of carbonyl (C=O) groups is 1. The van der Waals surface area contributed by atoms with Gasteiger partial charge in [0.1, 0.15) is 6.10 Å². The van der Waals surface area contributed by atoms with Crippen LogP contribution in [0.15, 0.2) is 54.6 Å². The normalized spacial score (nSPS) is 20.4. The minimum absolute atomic E-state index is 0.00362. The Morgan fingerprint density at radius 3 is 2.55 bits per heavy atom. The Hall–Kier alpha value is -2.53. The van der Waals surface area contributed by atoms with E-state index in [1.165, 1.54) is 12.1 Å². The van der Waals surface area contributed by atoms with Gasteiger partial charge in [-0.1, -0.05) is 42.5 Å². The van der Waals surface area contributed by atoms with E-state index in [-0.39, 0.29) is 17.6 Å². The van der Waals surface area contributed by atoms with E-state index in [0.717, 1.165) is 0 Å². The first-order chi connectivity index (χ1) is 9.66. The van der Waals surface area contributed by atoms with Crippen molar-refractivity contribution in [3.05, 3.63) is 75.8 Å². The number of hydrogen-bond donors (Lipinski definition) is 0. The fourth-order valence-electron chi connectivity index (χ4n) is 2.15. The number of rotatable bonds is 4. The molecule has 0 aliphatic carbocycles. The van der Waals surface area contributed by atoms with Gasteiger partial charge >= 0.3 is 0 Å². The lowest BCUT2D eigenvalue weighted by molar-refractivity contribution is -0.384. The molecule has 0 amide bonds. The molecule has 0 N–H and O–H groups in total. The number of epoxide rings is 1. The van der Waals surface area contributed by atoms with Crippen molar-refractivity contribution in [2.24, 2.45) is 0 Å². The van der Waals surface area contributed by atoms with E-state index in [0.29, 0.717) is 11.1 Å². The first-order valence-corrected chi connectivity index (χ1v) is 6.16. The van der Waals surface area contributed by atoms with Gasteiger partial charge in [0.05, 0.1) is 4.92 Å². The van der Waals surface area contributed by atoms with Crippen LogP contribution in [0.4, 0.5) is 5.69 Å². The van der Waals surface area contributed by atoms with Crippen molar-refractivity contribution in [3.8, 4) is 0 Å². The number of nitro groups is 1. The zero-order chi connectivity index (χ0) is 14.1. The van der Waals surface area contributed by atoms with Crippen LogP contribution in [0.3, 0.4) is 0 Å². The summed E-state index contributed by atoms with van der Waals surface area (Å²) in [6.07, 6.45) is -0.929. The largest absolute Gasteiger partial charge is 0.356 e. The summed E-state index contributed by atoms with van der Waals surface area (Å²) < 4.78 is 5.38. The molecule has 100 valence electrons. The molecule has 5 nitrogen and oxygen atoms in total. The molecule has 0 unspecified atom stereocenters. The van der Waals surface area contributed by atoms with E-state index in [2.05, 4.69) is 0 Å². The second kappa shape index (κ2) is 4.86. The predicted octanol–water partition coefficient (Wildman–Crippen LogP) is 2.92. The second-order valence-electron chi connectivity index (χ2n) is 4.56. The highest BCUT2D eigenvalue weighted by atomic mass is 16.6. The van der Waals surface area contributed by atoms with Gasteiger partial charge < -0.3 is 4.74 Å². The lowest BCUT2D eigenvalue weighted by atomic mass is 10.0. The maximum absolute atomic E-state index is 12.2. The fraction of sp³-hybridized carbons (Fsp3) is 0.133. The van der Waals surface area contributed by atoms with Gasteiger partial charge in [0.25, 0.3) is 5.69 Å². The minimum atomic E-state index is -0.542. The molecule has 0 bridgehead atoms. The molecule has 1 aliphatic heterocycles. The molecule has 2 aromatic rings. The van der Waals surface area contributed by atoms with E-state index in [1.54, 1.807) is 36.4 Å². The number of nitrogens with zero attached hydrogens (tertiary/aromatic N) is 1. The Bertz CT molecular complexity index is 669. The van der Waals surface area contributed by atoms with E-state index in [1.807, 2.05) is 6.07 Å². The fourth-order valence-corrected chi connectivity index (χ4v) is 2.15. The standard InChI is InChI=1S/C15H11NO4/c17-13(10-5-2-1-3-6-10)15-14(20-15)11-7-4-8-12(9-11)16(18)19/h1-9,14-15H/t14-,15-/m0/s1. The zero-order valence-corrected chi connectivity index (χ0v) is 10.4. The summed E-state index contributed by atoms with van der Waals surface area (Å²) >= 11 is 0. The summed E-state index contributed by atoms with van der Waals surface area (Å²) in [6.45, 7) is 0. The number of carbonyl (C=O) groups excluding carboxylic acids is 1. The predicted molar refractivity (Wildman–Crippen MR) is 71.5 cm³/mol. The van der Waals surface area contributed by atoms with Crippen molar-refractivity contribution in [3.63, 3.8) is 0 Å². The number of nitro benzene ring substituents is 1. The number of ketones is 1. The van der Waals surface area contributed by atoms with Crippen LogP contribution in [-0.4, -0.2) is 16.8 Å². The third kappa shape index (κ3) is 2.31. The van der Waals surface area contributed by atoms with Crippen molar-refractivity contribution in [2.45, 2.75) is 12.2 Å². The number of non-ortho nitro benzene ring substituents is 1. The number of hydrogen-bond acceptors (Lipinski definition) is 4. The maximum atomic E-state index is 12.2. The van der Waals surface area contributed by atoms with E-state index < -0.39 is 11.0 Å². The molecule has 0 saturated carbocycles. The quantitative estimate of drug-likeness (QED) is 0.370. The zero-order valence-electron chi connectivity index (χ0n) is 10.4. The Labute approximate surface area is 115 Å². The first kappa shape index (κ1) is 12.5. The topological polar surface area (TPSA) is 72.7 Å². The average Bonchev–Trinajstić information content (AvgIpc) is 3.28. The van der Waals surface area contributed by atoms with Crippen LogP contribution in [-0.2, 0) is 4.74 Å². The monoisotopic (exact) mass is 269 g/mol. The van der Waals surface area contributed by atoms with Gasteiger partial charge in [-0.25, -0.2) is 0 Å². The van der Waals surface area contributed by atoms with Crippen LogP contribution in [0.1, 0.15) is 22.0 Å². The number of ether oxygens (including phenoxy) is 1. The molecule has 1 aliphatic rings. The Morgan fingerprint density at radius 2 is 1.85 bits per heavy atom. The highest BCUT2D eigenvalue weighted by Gasteiger charge is 2.46. The second-order valence-corrected chi connectivity index (χ2v) is 4.56. The van der Waals surface area contributed by atoms with Crippen LogP contribution in [0.2, 0.25) is 0 Å². The van der Waals surface area contributed by atoms with E-state index in [9.17, 15) is 14.9 Å². The van der Waals surface area contributed by atoms with E-state index in [4.69, 9.17) is 4.74 Å². The third-order valence-corrected chi connectivity index (χ3v) is 3.22. The molecular formula is C15H11NO4. The lowest BCUT2D eigenvalue weighted by Gasteiger charge is -1.98. The van der Waals surface area contributed by atoms with Crippen LogP contribution in [0.5, 0.6) is 0 Å². The third-order valence-electron chi connectivity index (χ3n) is 3.22. The van der Waals surface area contributed by atoms with Gasteiger partial charge in [0, 0.05) is 17.7 Å². The summed E-state index contributed by atoms with van der Waals surface area (Å²) in [6, 6.07) is 15.1. The van der Waals surface area contributed by atoms with Crippen molar-refractivity contribution >= 4 is 11.5 Å². The SMILES string of the molecule is O=C(c1ccccc1)[C@@H]1O[C@H]1c1cccc([N+](=O)[O-])c1. The molecular weight excluding hydrogens is 258 g/mol. The van der Waals surface area contributed by atoms with Crippen LogP contribution in [0, 0.1) is 10.1 Å². The molecule has 0 radical (unpaired) electrons. The van der Waals surface area contributed by atoms with Gasteiger partial charge in [-0.05, 0) is 5.56 Å². The Kier molecular flexibility index (Phi) is 3.04. The van der Waals surface area contributed by atoms with Gasteiger partial charge in [0.15, 0.2) is 11.9 Å². The molecule has 3 rings (SSSR count). The van der Waals surface area contributed by atoms with Gasteiger partial charge in [-0.2, -0.15) is 0 Å². The van der Waals surface area contributed by atoms with E-state index >= 15 is 0 Å². The van der Waals surface area contributed by atoms with Crippen molar-refractivity contribution in [2.75, 3.05) is 0 Å². The first-order valence-electron chi connectivity index (χ1n) is 6.16. The number of Topliss-reactive ketones (excluding diaryl/α,β-unsaturated/α-hetero) is 1. The van der Waals surface area contributed by atoms with Crippen molar-refractivity contribution in [1.29, 1.82) is 0 Å². The molecule has 1 fully saturated rings. The van der Waals surface area contributed by atoms with Crippen LogP contribution in [0.25, 0.3) is 0 Å². The number of benzene rings is 2. The molecule has 1 heterocycles. The smallest absolute Gasteiger partial charge is 0.269 e. The summed E-state index contributed by atoms with van der Waals surface area (Å²) in [5.74, 6) is -0.0953.